The molecule has 21 heavy (non-hydrogen) atoms. The molecule has 0 aromatic heterocycles. The number of carbonyl (C=O) groups is 2. The van der Waals surface area contributed by atoms with Crippen molar-refractivity contribution in [1.29, 1.82) is 0 Å². The molecule has 0 saturated carbocycles. The first-order valence-electron chi connectivity index (χ1n) is 7.30. The number of primary amides is 1. The van der Waals surface area contributed by atoms with Gasteiger partial charge in [-0.25, -0.2) is 8.42 Å². The van der Waals surface area contributed by atoms with Crippen LogP contribution in [0, 0.1) is 5.92 Å². The summed E-state index contributed by atoms with van der Waals surface area (Å²) in [6.07, 6.45) is 1.50. The first kappa shape index (κ1) is 16.2. The molecule has 2 heterocycles. The highest BCUT2D eigenvalue weighted by Crippen LogP contribution is 2.22. The third-order valence-corrected chi connectivity index (χ3v) is 6.01. The molecule has 0 radical (unpaired) electrons. The normalized spacial score (nSPS) is 30.0. The number of carbonyl (C=O) groups excluding carboxylic acids is 2. The maximum atomic E-state index is 12.4. The summed E-state index contributed by atoms with van der Waals surface area (Å²) < 4.78 is 22.8. The monoisotopic (exact) mass is 317 g/mol. The van der Waals surface area contributed by atoms with E-state index in [1.54, 1.807) is 4.90 Å². The molecule has 0 bridgehead atoms. The number of nitrogens with zero attached hydrogens (tertiary/aromatic N) is 2. The summed E-state index contributed by atoms with van der Waals surface area (Å²) in [6, 6.07) is 0.0987. The van der Waals surface area contributed by atoms with E-state index in [0.717, 1.165) is 12.8 Å². The second-order valence-corrected chi connectivity index (χ2v) is 8.30. The Morgan fingerprint density at radius 3 is 2.38 bits per heavy atom. The van der Waals surface area contributed by atoms with Crippen molar-refractivity contribution in [2.24, 2.45) is 11.7 Å². The van der Waals surface area contributed by atoms with E-state index < -0.39 is 9.84 Å². The van der Waals surface area contributed by atoms with Gasteiger partial charge in [0.1, 0.15) is 0 Å². The highest BCUT2D eigenvalue weighted by atomic mass is 32.2. The van der Waals surface area contributed by atoms with E-state index in [2.05, 4.69) is 0 Å². The van der Waals surface area contributed by atoms with E-state index in [4.69, 9.17) is 5.73 Å². The Hall–Kier alpha value is -1.15. The molecule has 2 unspecified atom stereocenters. The van der Waals surface area contributed by atoms with E-state index in [1.165, 1.54) is 0 Å². The predicted octanol–water partition coefficient (Wildman–Crippen LogP) is -1.17. The zero-order valence-electron chi connectivity index (χ0n) is 12.3. The highest BCUT2D eigenvalue weighted by molar-refractivity contribution is 7.91. The number of hydrogen-bond donors (Lipinski definition) is 1. The molecule has 0 aromatic rings. The minimum atomic E-state index is -2.93. The Bertz CT molecular complexity index is 506. The second-order valence-electron chi connectivity index (χ2n) is 6.00. The minimum Gasteiger partial charge on any atom is -0.369 e. The number of rotatable bonds is 3. The van der Waals surface area contributed by atoms with E-state index in [0.29, 0.717) is 19.6 Å². The summed E-state index contributed by atoms with van der Waals surface area (Å²) >= 11 is 0. The fourth-order valence-corrected chi connectivity index (χ4v) is 4.15. The van der Waals surface area contributed by atoms with Gasteiger partial charge in [0.15, 0.2) is 9.84 Å². The van der Waals surface area contributed by atoms with Gasteiger partial charge in [0.05, 0.1) is 24.0 Å². The lowest BCUT2D eigenvalue weighted by atomic mass is 9.93. The number of piperidine rings is 1. The van der Waals surface area contributed by atoms with Crippen molar-refractivity contribution < 1.29 is 18.0 Å². The van der Waals surface area contributed by atoms with Crippen molar-refractivity contribution in [3.05, 3.63) is 0 Å². The van der Waals surface area contributed by atoms with Gasteiger partial charge in [0.25, 0.3) is 0 Å². The summed E-state index contributed by atoms with van der Waals surface area (Å²) in [6.45, 7) is 3.35. The SMILES string of the molecule is CC1CCC(C(N)=O)CN1C(=O)CN1CCS(=O)(=O)CC1. The van der Waals surface area contributed by atoms with Crippen molar-refractivity contribution in [2.75, 3.05) is 37.7 Å². The Kier molecular flexibility index (Phi) is 4.88. The Morgan fingerprint density at radius 2 is 1.81 bits per heavy atom. The van der Waals surface area contributed by atoms with Crippen molar-refractivity contribution in [3.63, 3.8) is 0 Å². The fourth-order valence-electron chi connectivity index (χ4n) is 2.88. The molecular formula is C13H23N3O4S. The van der Waals surface area contributed by atoms with E-state index in [1.807, 2.05) is 11.8 Å². The van der Waals surface area contributed by atoms with Gasteiger partial charge in [0.2, 0.25) is 11.8 Å². The fraction of sp³-hybridized carbons (Fsp3) is 0.846. The number of hydrogen-bond acceptors (Lipinski definition) is 5. The van der Waals surface area contributed by atoms with Crippen LogP contribution < -0.4 is 5.73 Å². The Labute approximate surface area is 125 Å². The van der Waals surface area contributed by atoms with E-state index in [9.17, 15) is 18.0 Å². The van der Waals surface area contributed by atoms with Crippen molar-refractivity contribution >= 4 is 21.7 Å². The quantitative estimate of drug-likeness (QED) is 0.707. The molecule has 7 nitrogen and oxygen atoms in total. The molecule has 2 saturated heterocycles. The lowest BCUT2D eigenvalue weighted by Crippen LogP contribution is -2.53. The molecule has 2 amide bonds. The average molecular weight is 317 g/mol. The van der Waals surface area contributed by atoms with Crippen LogP contribution in [0.2, 0.25) is 0 Å². The lowest BCUT2D eigenvalue weighted by molar-refractivity contribution is -0.138. The van der Waals surface area contributed by atoms with Gasteiger partial charge >= 0.3 is 0 Å². The Morgan fingerprint density at radius 1 is 1.19 bits per heavy atom. The smallest absolute Gasteiger partial charge is 0.237 e. The molecule has 8 heteroatoms. The van der Waals surface area contributed by atoms with Gasteiger partial charge in [-0.2, -0.15) is 0 Å². The van der Waals surface area contributed by atoms with Crippen LogP contribution >= 0.6 is 0 Å². The summed E-state index contributed by atoms with van der Waals surface area (Å²) in [4.78, 5) is 27.3. The number of likely N-dealkylation sites (tertiary alicyclic amines) is 1. The maximum Gasteiger partial charge on any atom is 0.237 e. The van der Waals surface area contributed by atoms with Crippen LogP contribution in [0.4, 0.5) is 0 Å². The van der Waals surface area contributed by atoms with Gasteiger partial charge in [-0.1, -0.05) is 0 Å². The first-order chi connectivity index (χ1) is 9.78. The van der Waals surface area contributed by atoms with Crippen LogP contribution in [0.25, 0.3) is 0 Å². The third kappa shape index (κ3) is 4.16. The van der Waals surface area contributed by atoms with Crippen molar-refractivity contribution in [3.8, 4) is 0 Å². The summed E-state index contributed by atoms with van der Waals surface area (Å²) in [7, 11) is -2.93. The summed E-state index contributed by atoms with van der Waals surface area (Å²) in [5.41, 5.74) is 5.34. The highest BCUT2D eigenvalue weighted by Gasteiger charge is 2.33. The van der Waals surface area contributed by atoms with Crippen LogP contribution in [0.3, 0.4) is 0 Å². The van der Waals surface area contributed by atoms with Crippen molar-refractivity contribution in [1.82, 2.24) is 9.80 Å². The zero-order valence-corrected chi connectivity index (χ0v) is 13.1. The molecule has 2 rings (SSSR count). The van der Waals surface area contributed by atoms with Gasteiger partial charge in [-0.15, -0.1) is 0 Å². The third-order valence-electron chi connectivity index (χ3n) is 4.40. The summed E-state index contributed by atoms with van der Waals surface area (Å²) in [5.74, 6) is -0.456. The molecule has 2 aliphatic rings. The first-order valence-corrected chi connectivity index (χ1v) is 9.12. The number of nitrogens with two attached hydrogens (primary N) is 1. The predicted molar refractivity (Wildman–Crippen MR) is 78.2 cm³/mol. The molecular weight excluding hydrogens is 294 g/mol. The van der Waals surface area contributed by atoms with Crippen LogP contribution in [-0.2, 0) is 19.4 Å². The Balaban J connectivity index is 1.91. The zero-order chi connectivity index (χ0) is 15.6. The van der Waals surface area contributed by atoms with Crippen LogP contribution in [0.1, 0.15) is 19.8 Å². The van der Waals surface area contributed by atoms with Gasteiger partial charge in [0, 0.05) is 25.7 Å². The molecule has 0 spiro atoms. The van der Waals surface area contributed by atoms with Gasteiger partial charge in [-0.3, -0.25) is 14.5 Å². The molecule has 2 fully saturated rings. The lowest BCUT2D eigenvalue weighted by Gasteiger charge is -2.38. The molecule has 2 aliphatic heterocycles. The van der Waals surface area contributed by atoms with E-state index in [-0.39, 0.29) is 41.8 Å². The van der Waals surface area contributed by atoms with E-state index >= 15 is 0 Å². The van der Waals surface area contributed by atoms with Crippen LogP contribution in [0.5, 0.6) is 0 Å². The minimum absolute atomic E-state index is 0.0484. The summed E-state index contributed by atoms with van der Waals surface area (Å²) in [5, 5.41) is 0. The van der Waals surface area contributed by atoms with Crippen LogP contribution in [-0.4, -0.2) is 73.8 Å². The molecule has 120 valence electrons. The van der Waals surface area contributed by atoms with Gasteiger partial charge < -0.3 is 10.6 Å². The molecule has 2 atom stereocenters. The van der Waals surface area contributed by atoms with Crippen LogP contribution in [0.15, 0.2) is 0 Å². The molecule has 0 aliphatic carbocycles. The van der Waals surface area contributed by atoms with Crippen molar-refractivity contribution in [2.45, 2.75) is 25.8 Å². The van der Waals surface area contributed by atoms with Gasteiger partial charge in [-0.05, 0) is 19.8 Å². The standard InChI is InChI=1S/C13H23N3O4S/c1-10-2-3-11(13(14)18)8-16(10)12(17)9-15-4-6-21(19,20)7-5-15/h10-11H,2-9H2,1H3,(H2,14,18). The average Bonchev–Trinajstić information content (AvgIpc) is 2.41. The number of sulfone groups is 1. The molecule has 2 N–H and O–H groups in total. The topological polar surface area (TPSA) is 101 Å². The largest absolute Gasteiger partial charge is 0.369 e. The molecule has 0 aromatic carbocycles. The maximum absolute atomic E-state index is 12.4. The second kappa shape index (κ2) is 6.31. The number of amides is 2.